The highest BCUT2D eigenvalue weighted by Gasteiger charge is 2.22. The number of nitrogens with zero attached hydrogens (tertiary/aromatic N) is 1. The van der Waals surface area contributed by atoms with E-state index in [4.69, 9.17) is 0 Å². The molecule has 2 amide bonds. The summed E-state index contributed by atoms with van der Waals surface area (Å²) in [6.07, 6.45) is 0.826. The average molecular weight is 385 g/mol. The van der Waals surface area contributed by atoms with Crippen molar-refractivity contribution in [1.29, 1.82) is 0 Å². The van der Waals surface area contributed by atoms with Crippen molar-refractivity contribution in [2.24, 2.45) is 0 Å². The Bertz CT molecular complexity index is 808. The van der Waals surface area contributed by atoms with Crippen molar-refractivity contribution in [2.45, 2.75) is 39.3 Å². The Hall–Kier alpha value is -2.73. The lowest BCUT2D eigenvalue weighted by Crippen LogP contribution is -2.46. The summed E-state index contributed by atoms with van der Waals surface area (Å²) >= 11 is 0. The van der Waals surface area contributed by atoms with E-state index >= 15 is 0 Å². The molecule has 2 atom stereocenters. The molecule has 0 aliphatic carbocycles. The predicted molar refractivity (Wildman–Crippen MR) is 109 cm³/mol. The number of para-hydroxylation sites is 1. The first-order valence-corrected chi connectivity index (χ1v) is 9.45. The van der Waals surface area contributed by atoms with E-state index in [-0.39, 0.29) is 30.2 Å². The van der Waals surface area contributed by atoms with Crippen molar-refractivity contribution in [3.8, 4) is 0 Å². The van der Waals surface area contributed by atoms with Crippen LogP contribution in [-0.2, 0) is 16.0 Å². The number of carbonyl (C=O) groups is 2. The second kappa shape index (κ2) is 9.99. The lowest BCUT2D eigenvalue weighted by atomic mass is 10.1. The molecule has 0 spiro atoms. The topological polar surface area (TPSA) is 61.4 Å². The van der Waals surface area contributed by atoms with Crippen LogP contribution in [0.3, 0.4) is 0 Å². The molecule has 0 saturated carbocycles. The van der Waals surface area contributed by atoms with Crippen molar-refractivity contribution in [3.05, 3.63) is 65.5 Å². The smallest absolute Gasteiger partial charge is 0.238 e. The fourth-order valence-electron chi connectivity index (χ4n) is 2.87. The molecular formula is C22H28FN3O2. The van der Waals surface area contributed by atoms with Gasteiger partial charge in [-0.05, 0) is 56.6 Å². The highest BCUT2D eigenvalue weighted by atomic mass is 19.1. The summed E-state index contributed by atoms with van der Waals surface area (Å²) < 4.78 is 13.0. The van der Waals surface area contributed by atoms with E-state index in [0.717, 1.165) is 23.2 Å². The molecule has 0 heterocycles. The summed E-state index contributed by atoms with van der Waals surface area (Å²) in [5.74, 6) is -0.679. The lowest BCUT2D eigenvalue weighted by Gasteiger charge is -2.25. The minimum absolute atomic E-state index is 0.0948. The summed E-state index contributed by atoms with van der Waals surface area (Å²) in [7, 11) is 1.73. The Balaban J connectivity index is 1.90. The van der Waals surface area contributed by atoms with Crippen LogP contribution in [0.5, 0.6) is 0 Å². The second-order valence-corrected chi connectivity index (χ2v) is 6.93. The maximum absolute atomic E-state index is 13.0. The van der Waals surface area contributed by atoms with E-state index in [1.807, 2.05) is 38.1 Å². The third-order valence-electron chi connectivity index (χ3n) is 4.83. The van der Waals surface area contributed by atoms with Gasteiger partial charge < -0.3 is 10.6 Å². The Labute approximate surface area is 165 Å². The van der Waals surface area contributed by atoms with Crippen molar-refractivity contribution in [2.75, 3.05) is 18.9 Å². The number of rotatable bonds is 8. The third kappa shape index (κ3) is 5.89. The molecule has 6 heteroatoms. The van der Waals surface area contributed by atoms with Crippen LogP contribution in [0, 0.1) is 5.82 Å². The average Bonchev–Trinajstić information content (AvgIpc) is 2.68. The van der Waals surface area contributed by atoms with Crippen molar-refractivity contribution >= 4 is 17.5 Å². The molecule has 2 aromatic carbocycles. The number of hydrogen-bond donors (Lipinski definition) is 2. The second-order valence-electron chi connectivity index (χ2n) is 6.93. The molecule has 2 rings (SSSR count). The summed E-state index contributed by atoms with van der Waals surface area (Å²) in [4.78, 5) is 26.6. The van der Waals surface area contributed by atoms with Gasteiger partial charge >= 0.3 is 0 Å². The van der Waals surface area contributed by atoms with Crippen molar-refractivity contribution in [3.63, 3.8) is 0 Å². The van der Waals surface area contributed by atoms with Gasteiger partial charge in [0.15, 0.2) is 0 Å². The van der Waals surface area contributed by atoms with E-state index < -0.39 is 6.04 Å². The number of halogens is 1. The largest absolute Gasteiger partial charge is 0.348 e. The first-order valence-electron chi connectivity index (χ1n) is 9.45. The zero-order chi connectivity index (χ0) is 20.7. The first kappa shape index (κ1) is 21.6. The molecule has 5 nitrogen and oxygen atoms in total. The molecule has 150 valence electrons. The molecule has 0 bridgehead atoms. The van der Waals surface area contributed by atoms with Crippen LogP contribution in [0.1, 0.15) is 37.9 Å². The fourth-order valence-corrected chi connectivity index (χ4v) is 2.87. The van der Waals surface area contributed by atoms with Gasteiger partial charge in [-0.3, -0.25) is 14.5 Å². The molecule has 2 aromatic rings. The van der Waals surface area contributed by atoms with Gasteiger partial charge in [0.05, 0.1) is 18.6 Å². The quantitative estimate of drug-likeness (QED) is 0.731. The molecule has 0 aliphatic rings. The molecule has 0 aliphatic heterocycles. The lowest BCUT2D eigenvalue weighted by molar-refractivity contribution is -0.127. The normalized spacial score (nSPS) is 13.1. The van der Waals surface area contributed by atoms with Crippen LogP contribution < -0.4 is 10.6 Å². The van der Waals surface area contributed by atoms with E-state index in [1.165, 1.54) is 12.1 Å². The zero-order valence-corrected chi connectivity index (χ0v) is 16.8. The summed E-state index contributed by atoms with van der Waals surface area (Å²) in [6, 6.07) is 13.0. The number of benzene rings is 2. The first-order chi connectivity index (χ1) is 13.3. The molecule has 0 fully saturated rings. The van der Waals surface area contributed by atoms with E-state index in [0.29, 0.717) is 0 Å². The monoisotopic (exact) mass is 385 g/mol. The number of amides is 2. The number of anilines is 1. The molecule has 0 radical (unpaired) electrons. The maximum atomic E-state index is 13.0. The fraction of sp³-hybridized carbons (Fsp3) is 0.364. The van der Waals surface area contributed by atoms with Crippen LogP contribution >= 0.6 is 0 Å². The summed E-state index contributed by atoms with van der Waals surface area (Å²) in [5, 5.41) is 5.81. The van der Waals surface area contributed by atoms with Crippen LogP contribution in [0.4, 0.5) is 10.1 Å². The summed E-state index contributed by atoms with van der Waals surface area (Å²) in [5.41, 5.74) is 2.68. The highest BCUT2D eigenvalue weighted by molar-refractivity contribution is 5.93. The molecule has 0 aromatic heterocycles. The minimum Gasteiger partial charge on any atom is -0.348 e. The summed E-state index contributed by atoms with van der Waals surface area (Å²) in [6.45, 7) is 5.72. The van der Waals surface area contributed by atoms with Crippen LogP contribution in [0.15, 0.2) is 48.5 Å². The molecule has 2 N–H and O–H groups in total. The number of nitrogens with one attached hydrogen (secondary N) is 2. The Morgan fingerprint density at radius 1 is 1.07 bits per heavy atom. The number of hydrogen-bond acceptors (Lipinski definition) is 3. The van der Waals surface area contributed by atoms with Gasteiger partial charge in [-0.1, -0.05) is 37.3 Å². The van der Waals surface area contributed by atoms with Gasteiger partial charge in [-0.25, -0.2) is 4.39 Å². The predicted octanol–water partition coefficient (Wildman–Crippen LogP) is 3.52. The number of aryl methyl sites for hydroxylation is 1. The van der Waals surface area contributed by atoms with Crippen LogP contribution in [0.25, 0.3) is 0 Å². The van der Waals surface area contributed by atoms with Crippen molar-refractivity contribution < 1.29 is 14.0 Å². The van der Waals surface area contributed by atoms with Gasteiger partial charge in [-0.15, -0.1) is 0 Å². The van der Waals surface area contributed by atoms with Crippen molar-refractivity contribution in [1.82, 2.24) is 10.2 Å². The molecule has 28 heavy (non-hydrogen) atoms. The van der Waals surface area contributed by atoms with Gasteiger partial charge in [0, 0.05) is 5.69 Å². The minimum atomic E-state index is -0.491. The Morgan fingerprint density at radius 3 is 2.36 bits per heavy atom. The van der Waals surface area contributed by atoms with Gasteiger partial charge in [0.25, 0.3) is 0 Å². The molecular weight excluding hydrogens is 357 g/mol. The highest BCUT2D eigenvalue weighted by Crippen LogP contribution is 2.16. The molecule has 0 saturated heterocycles. The molecule has 2 unspecified atom stereocenters. The third-order valence-corrected chi connectivity index (χ3v) is 4.83. The zero-order valence-electron chi connectivity index (χ0n) is 16.8. The number of carbonyl (C=O) groups excluding carboxylic acids is 2. The van der Waals surface area contributed by atoms with E-state index in [2.05, 4.69) is 10.6 Å². The standard InChI is InChI=1S/C22H28FN3O2/c1-5-17-8-6-7-9-20(17)25-21(27)14-26(4)16(3)22(28)24-15(2)18-10-12-19(23)13-11-18/h6-13,15-16H,5,14H2,1-4H3,(H,24,28)(H,25,27). The SMILES string of the molecule is CCc1ccccc1NC(=O)CN(C)C(C)C(=O)NC(C)c1ccc(F)cc1. The van der Waals surface area contributed by atoms with Gasteiger partial charge in [-0.2, -0.15) is 0 Å². The van der Waals surface area contributed by atoms with E-state index in [9.17, 15) is 14.0 Å². The van der Waals surface area contributed by atoms with Crippen LogP contribution in [0.2, 0.25) is 0 Å². The van der Waals surface area contributed by atoms with Crippen LogP contribution in [-0.4, -0.2) is 36.3 Å². The Kier molecular flexibility index (Phi) is 7.70. The van der Waals surface area contributed by atoms with E-state index in [1.54, 1.807) is 31.0 Å². The Morgan fingerprint density at radius 2 is 1.71 bits per heavy atom. The van der Waals surface area contributed by atoms with Gasteiger partial charge in [0.2, 0.25) is 11.8 Å². The van der Waals surface area contributed by atoms with Gasteiger partial charge in [0.1, 0.15) is 5.82 Å². The maximum Gasteiger partial charge on any atom is 0.238 e. The number of likely N-dealkylation sites (N-methyl/N-ethyl adjacent to an activating group) is 1.